The molecule has 0 aliphatic carbocycles. The Labute approximate surface area is 148 Å². The van der Waals surface area contributed by atoms with E-state index >= 15 is 0 Å². The lowest BCUT2D eigenvalue weighted by Gasteiger charge is -2.26. The van der Waals surface area contributed by atoms with Crippen LogP contribution >= 0.6 is 0 Å². The molecule has 2 rings (SSSR count). The van der Waals surface area contributed by atoms with E-state index in [1.165, 1.54) is 14.2 Å². The normalized spacial score (nSPS) is 15.6. The fraction of sp³-hybridized carbons (Fsp3) is 0.688. The van der Waals surface area contributed by atoms with Gasteiger partial charge in [0.15, 0.2) is 5.69 Å². The molecule has 0 atom stereocenters. The van der Waals surface area contributed by atoms with Crippen molar-refractivity contribution in [1.82, 2.24) is 14.9 Å². The molecule has 0 unspecified atom stereocenters. The summed E-state index contributed by atoms with van der Waals surface area (Å²) in [4.78, 5) is 24.6. The molecule has 25 heavy (non-hydrogen) atoms. The topological polar surface area (TPSA) is 103 Å². The molecule has 1 aliphatic rings. The van der Waals surface area contributed by atoms with Crippen molar-refractivity contribution in [3.63, 3.8) is 0 Å². The van der Waals surface area contributed by atoms with Crippen LogP contribution < -0.4 is 20.1 Å². The second-order valence-corrected chi connectivity index (χ2v) is 6.76. The monoisotopic (exact) mass is 353 g/mol. The largest absolute Gasteiger partial charge is 0.479 e. The molecule has 1 amide bonds. The Morgan fingerprint density at radius 3 is 2.16 bits per heavy atom. The van der Waals surface area contributed by atoms with Gasteiger partial charge in [-0.3, -0.25) is 0 Å². The van der Waals surface area contributed by atoms with Gasteiger partial charge in [-0.25, -0.2) is 4.79 Å². The van der Waals surface area contributed by atoms with Crippen molar-refractivity contribution in [3.8, 4) is 11.8 Å². The van der Waals surface area contributed by atoms with Gasteiger partial charge in [0.25, 0.3) is 0 Å². The zero-order valence-electron chi connectivity index (χ0n) is 15.5. The predicted molar refractivity (Wildman–Crippen MR) is 94.2 cm³/mol. The van der Waals surface area contributed by atoms with E-state index in [9.17, 15) is 4.79 Å². The number of amides is 1. The standard InChI is InChI=1S/C16H27N5O4/c1-16(2,3)25-15(22)21-8-6-7-20(9-10-21)14-18-12(23-4)11(17)13(19-14)24-5/h6-10,17H2,1-5H3. The molecule has 140 valence electrons. The highest BCUT2D eigenvalue weighted by molar-refractivity contribution is 5.68. The highest BCUT2D eigenvalue weighted by atomic mass is 16.6. The molecule has 1 fully saturated rings. The molecule has 0 saturated carbocycles. The Bertz CT molecular complexity index is 592. The first-order chi connectivity index (χ1) is 11.7. The number of hydrogen-bond acceptors (Lipinski definition) is 8. The second-order valence-electron chi connectivity index (χ2n) is 6.76. The smallest absolute Gasteiger partial charge is 0.410 e. The van der Waals surface area contributed by atoms with Crippen LogP contribution in [0, 0.1) is 0 Å². The van der Waals surface area contributed by atoms with Crippen LogP contribution in [0.5, 0.6) is 11.8 Å². The Morgan fingerprint density at radius 1 is 1.04 bits per heavy atom. The summed E-state index contributed by atoms with van der Waals surface area (Å²) in [7, 11) is 2.99. The number of nitrogens with zero attached hydrogens (tertiary/aromatic N) is 4. The molecule has 0 radical (unpaired) electrons. The highest BCUT2D eigenvalue weighted by Gasteiger charge is 2.26. The van der Waals surface area contributed by atoms with Gasteiger partial charge in [-0.2, -0.15) is 9.97 Å². The number of ether oxygens (including phenoxy) is 3. The molecule has 0 aromatic carbocycles. The summed E-state index contributed by atoms with van der Waals surface area (Å²) in [6, 6.07) is 0. The van der Waals surface area contributed by atoms with E-state index in [-0.39, 0.29) is 23.5 Å². The fourth-order valence-corrected chi connectivity index (χ4v) is 2.50. The summed E-state index contributed by atoms with van der Waals surface area (Å²) >= 11 is 0. The highest BCUT2D eigenvalue weighted by Crippen LogP contribution is 2.30. The van der Waals surface area contributed by atoms with Gasteiger partial charge < -0.3 is 29.7 Å². The van der Waals surface area contributed by atoms with Crippen molar-refractivity contribution in [3.05, 3.63) is 0 Å². The van der Waals surface area contributed by atoms with Crippen LogP contribution in [-0.4, -0.2) is 67.0 Å². The van der Waals surface area contributed by atoms with Crippen LogP contribution in [0.15, 0.2) is 0 Å². The van der Waals surface area contributed by atoms with E-state index < -0.39 is 5.60 Å². The maximum Gasteiger partial charge on any atom is 0.410 e. The average Bonchev–Trinajstić information content (AvgIpc) is 2.79. The first-order valence-corrected chi connectivity index (χ1v) is 8.23. The molecule has 9 heteroatoms. The van der Waals surface area contributed by atoms with Gasteiger partial charge in [0.05, 0.1) is 14.2 Å². The van der Waals surface area contributed by atoms with Crippen LogP contribution in [0.1, 0.15) is 27.2 Å². The predicted octanol–water partition coefficient (Wildman–Crippen LogP) is 1.52. The molecule has 2 N–H and O–H groups in total. The third kappa shape index (κ3) is 4.77. The number of aromatic nitrogens is 2. The molecule has 1 saturated heterocycles. The molecule has 1 aromatic rings. The van der Waals surface area contributed by atoms with E-state index in [2.05, 4.69) is 9.97 Å². The molecule has 2 heterocycles. The van der Waals surface area contributed by atoms with Crippen LogP contribution in [0.4, 0.5) is 16.4 Å². The lowest BCUT2D eigenvalue weighted by Crippen LogP contribution is -2.39. The summed E-state index contributed by atoms with van der Waals surface area (Å²) < 4.78 is 15.8. The summed E-state index contributed by atoms with van der Waals surface area (Å²) in [6.07, 6.45) is 0.472. The van der Waals surface area contributed by atoms with E-state index in [4.69, 9.17) is 19.9 Å². The number of hydrogen-bond donors (Lipinski definition) is 1. The first kappa shape index (κ1) is 18.9. The Balaban J connectivity index is 2.12. The fourth-order valence-electron chi connectivity index (χ4n) is 2.50. The molecule has 1 aliphatic heterocycles. The first-order valence-electron chi connectivity index (χ1n) is 8.23. The summed E-state index contributed by atoms with van der Waals surface area (Å²) in [5, 5.41) is 0. The SMILES string of the molecule is COc1nc(N2CCCN(C(=O)OC(C)(C)C)CC2)nc(OC)c1N. The Hall–Kier alpha value is -2.45. The van der Waals surface area contributed by atoms with Crippen molar-refractivity contribution < 1.29 is 19.0 Å². The van der Waals surface area contributed by atoms with E-state index in [1.807, 2.05) is 25.7 Å². The van der Waals surface area contributed by atoms with Gasteiger partial charge in [-0.05, 0) is 27.2 Å². The minimum atomic E-state index is -0.510. The van der Waals surface area contributed by atoms with Crippen molar-refractivity contribution in [2.45, 2.75) is 32.8 Å². The lowest BCUT2D eigenvalue weighted by molar-refractivity contribution is 0.0263. The lowest BCUT2D eigenvalue weighted by atomic mass is 10.2. The van der Waals surface area contributed by atoms with Gasteiger partial charge in [0, 0.05) is 26.2 Å². The summed E-state index contributed by atoms with van der Waals surface area (Å²) in [6.45, 7) is 7.99. The van der Waals surface area contributed by atoms with Crippen molar-refractivity contribution >= 4 is 17.7 Å². The van der Waals surface area contributed by atoms with Crippen LogP contribution in [0.2, 0.25) is 0 Å². The molecular formula is C16H27N5O4. The van der Waals surface area contributed by atoms with Gasteiger partial charge >= 0.3 is 6.09 Å². The van der Waals surface area contributed by atoms with Crippen LogP contribution in [0.25, 0.3) is 0 Å². The van der Waals surface area contributed by atoms with Gasteiger partial charge in [-0.15, -0.1) is 0 Å². The van der Waals surface area contributed by atoms with Crippen molar-refractivity contribution in [1.29, 1.82) is 0 Å². The Kier molecular flexibility index (Phi) is 5.76. The Morgan fingerprint density at radius 2 is 1.64 bits per heavy atom. The number of anilines is 2. The minimum Gasteiger partial charge on any atom is -0.479 e. The van der Waals surface area contributed by atoms with Crippen molar-refractivity contribution in [2.24, 2.45) is 0 Å². The zero-order valence-corrected chi connectivity index (χ0v) is 15.5. The number of carbonyl (C=O) groups excluding carboxylic acids is 1. The minimum absolute atomic E-state index is 0.263. The number of nitrogen functional groups attached to an aromatic ring is 1. The van der Waals surface area contributed by atoms with Crippen molar-refractivity contribution in [2.75, 3.05) is 51.0 Å². The number of rotatable bonds is 3. The van der Waals surface area contributed by atoms with Crippen LogP contribution in [0.3, 0.4) is 0 Å². The third-order valence-corrected chi connectivity index (χ3v) is 3.68. The summed E-state index contributed by atoms with van der Waals surface area (Å²) in [5.74, 6) is 1.01. The molecule has 1 aromatic heterocycles. The number of methoxy groups -OCH3 is 2. The zero-order chi connectivity index (χ0) is 18.6. The molecule has 0 spiro atoms. The number of carbonyl (C=O) groups is 1. The molecular weight excluding hydrogens is 326 g/mol. The third-order valence-electron chi connectivity index (χ3n) is 3.68. The van der Waals surface area contributed by atoms with Gasteiger partial charge in [0.1, 0.15) is 5.60 Å². The quantitative estimate of drug-likeness (QED) is 0.872. The number of nitrogens with two attached hydrogens (primary N) is 1. The molecule has 9 nitrogen and oxygen atoms in total. The maximum atomic E-state index is 12.3. The maximum absolute atomic E-state index is 12.3. The van der Waals surface area contributed by atoms with Crippen LogP contribution in [-0.2, 0) is 4.74 Å². The summed E-state index contributed by atoms with van der Waals surface area (Å²) in [5.41, 5.74) is 5.64. The van der Waals surface area contributed by atoms with Gasteiger partial charge in [0.2, 0.25) is 17.7 Å². The van der Waals surface area contributed by atoms with E-state index in [0.29, 0.717) is 32.1 Å². The van der Waals surface area contributed by atoms with Gasteiger partial charge in [-0.1, -0.05) is 0 Å². The second kappa shape index (κ2) is 7.62. The average molecular weight is 353 g/mol. The van der Waals surface area contributed by atoms with E-state index in [0.717, 1.165) is 6.42 Å². The molecule has 0 bridgehead atoms. The van der Waals surface area contributed by atoms with E-state index in [1.54, 1.807) is 4.90 Å².